The second-order valence-corrected chi connectivity index (χ2v) is 7.94. The monoisotopic (exact) mass is 371 g/mol. The molecule has 25 heavy (non-hydrogen) atoms. The van der Waals surface area contributed by atoms with Gasteiger partial charge in [-0.25, -0.2) is 8.42 Å². The first-order valence-electron chi connectivity index (χ1n) is 8.23. The van der Waals surface area contributed by atoms with Gasteiger partial charge in [-0.05, 0) is 24.6 Å². The van der Waals surface area contributed by atoms with Crippen molar-refractivity contribution in [2.45, 2.75) is 13.5 Å². The number of sulfone groups is 1. The van der Waals surface area contributed by atoms with Crippen LogP contribution >= 0.6 is 0 Å². The van der Waals surface area contributed by atoms with E-state index >= 15 is 0 Å². The van der Waals surface area contributed by atoms with Crippen molar-refractivity contribution in [3.8, 4) is 5.75 Å². The largest absolute Gasteiger partial charge is 0.497 e. The first kappa shape index (κ1) is 21.2. The lowest BCUT2D eigenvalue weighted by Crippen LogP contribution is -2.38. The van der Waals surface area contributed by atoms with E-state index in [1.165, 1.54) is 6.26 Å². The molecule has 0 saturated carbocycles. The van der Waals surface area contributed by atoms with Crippen LogP contribution < -0.4 is 10.1 Å². The SMILES string of the molecule is CCNC(=NCCOCCS(C)(=O)=O)N(C)Cc1ccc(OC)cc1. The van der Waals surface area contributed by atoms with Crippen LogP contribution in [0.15, 0.2) is 29.3 Å². The lowest BCUT2D eigenvalue weighted by atomic mass is 10.2. The zero-order valence-corrected chi connectivity index (χ0v) is 16.3. The Hall–Kier alpha value is -1.80. The molecule has 1 aromatic rings. The van der Waals surface area contributed by atoms with Crippen molar-refractivity contribution in [1.29, 1.82) is 0 Å². The van der Waals surface area contributed by atoms with Crippen LogP contribution in [0.25, 0.3) is 0 Å². The minimum Gasteiger partial charge on any atom is -0.497 e. The molecule has 0 aliphatic heterocycles. The van der Waals surface area contributed by atoms with E-state index in [2.05, 4.69) is 10.3 Å². The van der Waals surface area contributed by atoms with Gasteiger partial charge in [0.25, 0.3) is 0 Å². The number of aliphatic imine (C=N–C) groups is 1. The molecule has 0 saturated heterocycles. The third-order valence-electron chi connectivity index (χ3n) is 3.37. The zero-order valence-electron chi connectivity index (χ0n) is 15.5. The molecule has 1 aromatic carbocycles. The van der Waals surface area contributed by atoms with Crippen molar-refractivity contribution in [3.05, 3.63) is 29.8 Å². The van der Waals surface area contributed by atoms with E-state index in [1.807, 2.05) is 43.1 Å². The zero-order chi connectivity index (χ0) is 18.7. The quantitative estimate of drug-likeness (QED) is 0.378. The molecule has 0 radical (unpaired) electrons. The summed E-state index contributed by atoms with van der Waals surface area (Å²) in [6.07, 6.45) is 1.20. The second-order valence-electron chi connectivity index (χ2n) is 5.68. The number of ether oxygens (including phenoxy) is 2. The summed E-state index contributed by atoms with van der Waals surface area (Å²) in [6, 6.07) is 7.91. The Bertz CT molecular complexity index is 630. The van der Waals surface area contributed by atoms with E-state index in [4.69, 9.17) is 9.47 Å². The molecular formula is C17H29N3O4S. The average Bonchev–Trinajstić information content (AvgIpc) is 2.56. The fourth-order valence-electron chi connectivity index (χ4n) is 2.08. The number of nitrogens with one attached hydrogen (secondary N) is 1. The van der Waals surface area contributed by atoms with Gasteiger partial charge in [0.1, 0.15) is 15.6 Å². The Kier molecular flexibility index (Phi) is 9.30. The molecular weight excluding hydrogens is 342 g/mol. The fourth-order valence-corrected chi connectivity index (χ4v) is 2.50. The molecule has 0 spiro atoms. The predicted octanol–water partition coefficient (Wildman–Crippen LogP) is 1.15. The molecule has 0 fully saturated rings. The highest BCUT2D eigenvalue weighted by Gasteiger charge is 2.07. The maximum atomic E-state index is 11.0. The minimum atomic E-state index is -2.98. The predicted molar refractivity (Wildman–Crippen MR) is 101 cm³/mol. The summed E-state index contributed by atoms with van der Waals surface area (Å²) in [5, 5.41) is 3.24. The van der Waals surface area contributed by atoms with Crippen LogP contribution in [0, 0.1) is 0 Å². The van der Waals surface area contributed by atoms with Crippen LogP contribution in [0.4, 0.5) is 0 Å². The van der Waals surface area contributed by atoms with E-state index in [0.29, 0.717) is 19.7 Å². The van der Waals surface area contributed by atoms with Gasteiger partial charge in [0, 0.05) is 26.4 Å². The van der Waals surface area contributed by atoms with Crippen LogP contribution in [0.3, 0.4) is 0 Å². The van der Waals surface area contributed by atoms with Crippen molar-refractivity contribution in [3.63, 3.8) is 0 Å². The summed E-state index contributed by atoms with van der Waals surface area (Å²) < 4.78 is 32.5. The van der Waals surface area contributed by atoms with Crippen LogP contribution in [0.5, 0.6) is 5.75 Å². The van der Waals surface area contributed by atoms with Gasteiger partial charge >= 0.3 is 0 Å². The Morgan fingerprint density at radius 3 is 2.48 bits per heavy atom. The van der Waals surface area contributed by atoms with Gasteiger partial charge in [0.2, 0.25) is 0 Å². The molecule has 0 unspecified atom stereocenters. The number of hydrogen-bond donors (Lipinski definition) is 1. The lowest BCUT2D eigenvalue weighted by molar-refractivity contribution is 0.157. The number of nitrogens with zero attached hydrogens (tertiary/aromatic N) is 2. The highest BCUT2D eigenvalue weighted by Crippen LogP contribution is 2.12. The van der Waals surface area contributed by atoms with Crippen molar-refractivity contribution in [2.75, 3.05) is 52.5 Å². The molecule has 0 atom stereocenters. The number of hydrogen-bond acceptors (Lipinski definition) is 5. The van der Waals surface area contributed by atoms with E-state index in [1.54, 1.807) is 7.11 Å². The first-order valence-corrected chi connectivity index (χ1v) is 10.3. The van der Waals surface area contributed by atoms with E-state index in [-0.39, 0.29) is 12.4 Å². The van der Waals surface area contributed by atoms with E-state index in [9.17, 15) is 8.42 Å². The average molecular weight is 372 g/mol. The third-order valence-corrected chi connectivity index (χ3v) is 4.28. The summed E-state index contributed by atoms with van der Waals surface area (Å²) in [5.41, 5.74) is 1.15. The number of methoxy groups -OCH3 is 1. The second kappa shape index (κ2) is 10.9. The summed E-state index contributed by atoms with van der Waals surface area (Å²) in [6.45, 7) is 4.55. The summed E-state index contributed by atoms with van der Waals surface area (Å²) in [5.74, 6) is 1.65. The molecule has 0 amide bonds. The topological polar surface area (TPSA) is 80.2 Å². The first-order chi connectivity index (χ1) is 11.9. The van der Waals surface area contributed by atoms with Gasteiger partial charge < -0.3 is 19.7 Å². The Morgan fingerprint density at radius 2 is 1.92 bits per heavy atom. The maximum absolute atomic E-state index is 11.0. The van der Waals surface area contributed by atoms with Crippen molar-refractivity contribution >= 4 is 15.8 Å². The van der Waals surface area contributed by atoms with Gasteiger partial charge in [0.05, 0.1) is 32.6 Å². The van der Waals surface area contributed by atoms with Gasteiger partial charge in [-0.1, -0.05) is 12.1 Å². The third kappa shape index (κ3) is 9.31. The van der Waals surface area contributed by atoms with Gasteiger partial charge in [-0.2, -0.15) is 0 Å². The maximum Gasteiger partial charge on any atom is 0.194 e. The molecule has 0 aliphatic carbocycles. The fraction of sp³-hybridized carbons (Fsp3) is 0.588. The summed E-state index contributed by atoms with van der Waals surface area (Å²) >= 11 is 0. The normalized spacial score (nSPS) is 12.1. The molecule has 8 heteroatoms. The number of rotatable bonds is 10. The van der Waals surface area contributed by atoms with Crippen molar-refractivity contribution in [1.82, 2.24) is 10.2 Å². The molecule has 142 valence electrons. The molecule has 1 N–H and O–H groups in total. The number of guanidine groups is 1. The van der Waals surface area contributed by atoms with Gasteiger partial charge in [0.15, 0.2) is 5.96 Å². The molecule has 0 aromatic heterocycles. The Labute approximate surface area is 151 Å². The number of benzene rings is 1. The smallest absolute Gasteiger partial charge is 0.194 e. The van der Waals surface area contributed by atoms with Crippen molar-refractivity contribution < 1.29 is 17.9 Å². The van der Waals surface area contributed by atoms with Crippen molar-refractivity contribution in [2.24, 2.45) is 4.99 Å². The highest BCUT2D eigenvalue weighted by atomic mass is 32.2. The summed E-state index contributed by atoms with van der Waals surface area (Å²) in [7, 11) is 0.637. The molecule has 0 heterocycles. The van der Waals surface area contributed by atoms with Crippen LogP contribution in [0.2, 0.25) is 0 Å². The molecule has 7 nitrogen and oxygen atoms in total. The van der Waals surface area contributed by atoms with Gasteiger partial charge in [-0.15, -0.1) is 0 Å². The Balaban J connectivity index is 2.49. The molecule has 0 bridgehead atoms. The summed E-state index contributed by atoms with van der Waals surface area (Å²) in [4.78, 5) is 6.54. The molecule has 0 aliphatic rings. The van der Waals surface area contributed by atoms with Crippen LogP contribution in [-0.2, 0) is 21.1 Å². The minimum absolute atomic E-state index is 0.0359. The van der Waals surface area contributed by atoms with E-state index < -0.39 is 9.84 Å². The lowest BCUT2D eigenvalue weighted by Gasteiger charge is -2.22. The van der Waals surface area contributed by atoms with Crippen LogP contribution in [0.1, 0.15) is 12.5 Å². The Morgan fingerprint density at radius 1 is 1.24 bits per heavy atom. The molecule has 1 rings (SSSR count). The highest BCUT2D eigenvalue weighted by molar-refractivity contribution is 7.90. The van der Waals surface area contributed by atoms with E-state index in [0.717, 1.165) is 23.8 Å². The van der Waals surface area contributed by atoms with Crippen LogP contribution in [-0.4, -0.2) is 71.7 Å². The standard InChI is InChI=1S/C17H29N3O4S/c1-5-18-17(19-10-11-24-12-13-25(4,21)22)20(2)14-15-6-8-16(23-3)9-7-15/h6-9H,5,10-14H2,1-4H3,(H,18,19). The van der Waals surface area contributed by atoms with Gasteiger partial charge in [-0.3, -0.25) is 4.99 Å².